The third-order valence-electron chi connectivity index (χ3n) is 6.49. The van der Waals surface area contributed by atoms with Gasteiger partial charge in [0, 0.05) is 0 Å². The van der Waals surface area contributed by atoms with Gasteiger partial charge in [-0.3, -0.25) is 10.0 Å². The molecule has 1 saturated heterocycles. The van der Waals surface area contributed by atoms with Gasteiger partial charge in [-0.15, -0.1) is 0 Å². The molecule has 35 heavy (non-hydrogen) atoms. The highest BCUT2D eigenvalue weighted by atomic mass is 15.7. The Kier molecular flexibility index (Phi) is 6.44. The maximum Gasteiger partial charge on any atom is 0.141 e. The van der Waals surface area contributed by atoms with Crippen LogP contribution < -0.4 is 0 Å². The number of hydrogen-bond acceptors (Lipinski definition) is 4. The minimum atomic E-state index is -0.489. The lowest BCUT2D eigenvalue weighted by Gasteiger charge is -2.36. The van der Waals surface area contributed by atoms with Crippen LogP contribution in [0, 0.1) is 0 Å². The molecule has 4 aromatic carbocycles. The van der Waals surface area contributed by atoms with Gasteiger partial charge >= 0.3 is 0 Å². The lowest BCUT2D eigenvalue weighted by Crippen LogP contribution is -2.44. The molecule has 0 aliphatic carbocycles. The molecule has 0 bridgehead atoms. The Morgan fingerprint density at radius 3 is 1.17 bits per heavy atom. The van der Waals surface area contributed by atoms with E-state index >= 15 is 0 Å². The van der Waals surface area contributed by atoms with Crippen LogP contribution in [0.4, 0.5) is 0 Å². The molecule has 0 saturated carbocycles. The van der Waals surface area contributed by atoms with Crippen molar-refractivity contribution in [3.05, 3.63) is 144 Å². The van der Waals surface area contributed by atoms with Gasteiger partial charge in [0.25, 0.3) is 0 Å². The van der Waals surface area contributed by atoms with Crippen LogP contribution in [-0.4, -0.2) is 28.1 Å². The van der Waals surface area contributed by atoms with Crippen LogP contribution in [0.25, 0.3) is 0 Å². The van der Waals surface area contributed by atoms with Gasteiger partial charge in [0.1, 0.15) is 17.7 Å². The van der Waals surface area contributed by atoms with Crippen LogP contribution in [-0.2, 0) is 0 Å². The van der Waals surface area contributed by atoms with E-state index in [0.717, 1.165) is 11.1 Å². The Labute approximate surface area is 207 Å². The molecule has 0 amide bonds. The lowest BCUT2D eigenvalue weighted by molar-refractivity contribution is 0.0339. The summed E-state index contributed by atoms with van der Waals surface area (Å²) in [6.45, 7) is 4.38. The zero-order valence-corrected chi connectivity index (χ0v) is 20.1. The van der Waals surface area contributed by atoms with E-state index < -0.39 is 5.66 Å². The third kappa shape index (κ3) is 4.73. The molecule has 5 rings (SSSR count). The molecule has 1 aliphatic rings. The molecule has 1 aliphatic heterocycles. The van der Waals surface area contributed by atoms with E-state index in [4.69, 9.17) is 10.2 Å². The molecule has 0 N–H and O–H groups in total. The summed E-state index contributed by atoms with van der Waals surface area (Å²) in [7, 11) is 0. The van der Waals surface area contributed by atoms with Crippen molar-refractivity contribution in [2.75, 3.05) is 0 Å². The highest BCUT2D eigenvalue weighted by molar-refractivity contribution is 5.80. The monoisotopic (exact) mass is 458 g/mol. The topological polar surface area (TPSA) is 31.2 Å². The Bertz CT molecular complexity index is 1170. The average molecular weight is 459 g/mol. The highest BCUT2D eigenvalue weighted by Gasteiger charge is 2.53. The number of nitrogens with zero attached hydrogens (tertiary/aromatic N) is 4. The van der Waals surface area contributed by atoms with Crippen LogP contribution >= 0.6 is 0 Å². The number of benzene rings is 4. The molecule has 0 aromatic heterocycles. The standard InChI is InChI=1S/C31H30N4/c1-31(2)34(32-23-25-15-7-3-8-16-25)29(27-19-11-5-12-20-27)30(28-21-13-6-14-22-28)35(31)33-24-26-17-9-4-10-18-26/h3-24,29-30H,1-2H3/b32-23-,33-24-/t29-,30+. The molecule has 174 valence electrons. The Balaban J connectivity index is 1.64. The van der Waals surface area contributed by atoms with Crippen LogP contribution in [0.15, 0.2) is 132 Å². The van der Waals surface area contributed by atoms with Gasteiger partial charge in [-0.25, -0.2) is 0 Å². The van der Waals surface area contributed by atoms with E-state index in [9.17, 15) is 0 Å². The number of hydrogen-bond donors (Lipinski definition) is 0. The van der Waals surface area contributed by atoms with E-state index in [-0.39, 0.29) is 12.1 Å². The zero-order valence-electron chi connectivity index (χ0n) is 20.1. The largest absolute Gasteiger partial charge is 0.261 e. The second-order valence-corrected chi connectivity index (χ2v) is 9.21. The maximum atomic E-state index is 5.08. The Morgan fingerprint density at radius 1 is 0.514 bits per heavy atom. The maximum absolute atomic E-state index is 5.08. The van der Waals surface area contributed by atoms with Crippen LogP contribution in [0.3, 0.4) is 0 Å². The normalized spacial score (nSPS) is 19.6. The van der Waals surface area contributed by atoms with Gasteiger partial charge in [0.15, 0.2) is 0 Å². The fourth-order valence-electron chi connectivity index (χ4n) is 4.76. The van der Waals surface area contributed by atoms with Crippen molar-refractivity contribution in [2.24, 2.45) is 10.2 Å². The number of rotatable bonds is 6. The molecule has 0 spiro atoms. The van der Waals surface area contributed by atoms with Crippen LogP contribution in [0.5, 0.6) is 0 Å². The first-order chi connectivity index (χ1) is 17.1. The molecular formula is C31H30N4. The fourth-order valence-corrected chi connectivity index (χ4v) is 4.76. The molecule has 4 aromatic rings. The summed E-state index contributed by atoms with van der Waals surface area (Å²) in [5, 5.41) is 14.6. The summed E-state index contributed by atoms with van der Waals surface area (Å²) in [5.41, 5.74) is 4.06. The molecule has 4 heteroatoms. The first-order valence-corrected chi connectivity index (χ1v) is 12.0. The van der Waals surface area contributed by atoms with Gasteiger partial charge < -0.3 is 0 Å². The van der Waals surface area contributed by atoms with Crippen molar-refractivity contribution in [1.29, 1.82) is 0 Å². The van der Waals surface area contributed by atoms with E-state index in [1.165, 1.54) is 11.1 Å². The summed E-state index contributed by atoms with van der Waals surface area (Å²) < 4.78 is 0. The Morgan fingerprint density at radius 2 is 0.829 bits per heavy atom. The van der Waals surface area contributed by atoms with Gasteiger partial charge in [0.05, 0.1) is 12.4 Å². The Hall–Kier alpha value is -4.18. The summed E-state index contributed by atoms with van der Waals surface area (Å²) in [6.07, 6.45) is 3.90. The van der Waals surface area contributed by atoms with Crippen molar-refractivity contribution < 1.29 is 0 Å². The molecule has 1 fully saturated rings. The molecule has 2 atom stereocenters. The summed E-state index contributed by atoms with van der Waals surface area (Å²) in [5.74, 6) is 0. The van der Waals surface area contributed by atoms with E-state index in [1.807, 2.05) is 48.8 Å². The van der Waals surface area contributed by atoms with Crippen molar-refractivity contribution in [2.45, 2.75) is 31.6 Å². The minimum Gasteiger partial charge on any atom is -0.261 e. The molecule has 1 heterocycles. The third-order valence-corrected chi connectivity index (χ3v) is 6.49. The predicted molar refractivity (Wildman–Crippen MR) is 144 cm³/mol. The first kappa shape index (κ1) is 22.6. The van der Waals surface area contributed by atoms with Crippen LogP contribution in [0.1, 0.15) is 48.2 Å². The SMILES string of the molecule is CC1(C)N(/N=C\c2ccccc2)[C@H](c2ccccc2)[C@H](c2ccccc2)N1/N=C\c1ccccc1. The summed E-state index contributed by atoms with van der Waals surface area (Å²) in [4.78, 5) is 0. The molecule has 4 nitrogen and oxygen atoms in total. The van der Waals surface area contributed by atoms with Crippen LogP contribution in [0.2, 0.25) is 0 Å². The summed E-state index contributed by atoms with van der Waals surface area (Å²) >= 11 is 0. The van der Waals surface area contributed by atoms with Crippen molar-refractivity contribution in [3.8, 4) is 0 Å². The number of hydrazone groups is 2. The van der Waals surface area contributed by atoms with Gasteiger partial charge in [-0.05, 0) is 36.1 Å². The smallest absolute Gasteiger partial charge is 0.141 e. The molecular weight excluding hydrogens is 428 g/mol. The zero-order chi connectivity index (χ0) is 24.1. The molecule has 0 radical (unpaired) electrons. The fraction of sp³-hybridized carbons (Fsp3) is 0.161. The second-order valence-electron chi connectivity index (χ2n) is 9.21. The quantitative estimate of drug-likeness (QED) is 0.295. The van der Waals surface area contributed by atoms with E-state index in [1.54, 1.807) is 0 Å². The van der Waals surface area contributed by atoms with Crippen molar-refractivity contribution >= 4 is 12.4 Å². The summed E-state index contributed by atoms with van der Waals surface area (Å²) in [6, 6.07) is 41.7. The van der Waals surface area contributed by atoms with Crippen molar-refractivity contribution in [3.63, 3.8) is 0 Å². The predicted octanol–water partition coefficient (Wildman–Crippen LogP) is 6.89. The van der Waals surface area contributed by atoms with Gasteiger partial charge in [-0.1, -0.05) is 121 Å². The van der Waals surface area contributed by atoms with E-state index in [2.05, 4.69) is 109 Å². The average Bonchev–Trinajstić information content (AvgIpc) is 3.14. The minimum absolute atomic E-state index is 0.0264. The van der Waals surface area contributed by atoms with E-state index in [0.29, 0.717) is 0 Å². The highest BCUT2D eigenvalue weighted by Crippen LogP contribution is 2.51. The van der Waals surface area contributed by atoms with Gasteiger partial charge in [-0.2, -0.15) is 10.2 Å². The lowest BCUT2D eigenvalue weighted by atomic mass is 9.94. The van der Waals surface area contributed by atoms with Crippen molar-refractivity contribution in [1.82, 2.24) is 10.0 Å². The van der Waals surface area contributed by atoms with Gasteiger partial charge in [0.2, 0.25) is 0 Å². The first-order valence-electron chi connectivity index (χ1n) is 12.0. The molecule has 0 unspecified atom stereocenters. The second kappa shape index (κ2) is 9.98.